The lowest BCUT2D eigenvalue weighted by molar-refractivity contribution is -0.137. The van der Waals surface area contributed by atoms with Crippen molar-refractivity contribution in [3.8, 4) is 5.75 Å². The summed E-state index contributed by atoms with van der Waals surface area (Å²) in [5.74, 6) is 1.60. The van der Waals surface area contributed by atoms with Gasteiger partial charge < -0.3 is 34.8 Å². The van der Waals surface area contributed by atoms with E-state index in [1.54, 1.807) is 11.0 Å². The van der Waals surface area contributed by atoms with Crippen molar-refractivity contribution in [2.75, 3.05) is 74.6 Å². The van der Waals surface area contributed by atoms with Crippen LogP contribution in [-0.2, 0) is 32.1 Å². The standard InChI is InChI=1S/C45H51ClN10O7S/c1-27-4-3-5-32(46)40(27)52-42(60)35-25-47-44(64-35)50-36-24-37(49-28(2)48-36)54-17-15-53(16-18-54)19-21-62-20-9-39(58)55-13-11-45(12-14-55)10-8-29-22-30-26-56(33-6-7-38(57)51-41(33)59)43(61)31(30)23-34(29)63-45/h3-5,22-25,33H,6-21,26H2,1-2H3,(H,52,60)(H,51,57,59)(H,47,48,49,50). The molecule has 1 unspecified atom stereocenters. The number of carbonyl (C=O) groups is 5. The van der Waals surface area contributed by atoms with Gasteiger partial charge in [0.15, 0.2) is 5.13 Å². The molecule has 2 aromatic heterocycles. The molecule has 3 saturated heterocycles. The van der Waals surface area contributed by atoms with Crippen LogP contribution < -0.4 is 25.6 Å². The number of fused-ring (bicyclic) bond motifs is 2. The zero-order valence-electron chi connectivity index (χ0n) is 35.9. The second-order valence-electron chi connectivity index (χ2n) is 17.1. The molecular weight excluding hydrogens is 860 g/mol. The third-order valence-electron chi connectivity index (χ3n) is 12.9. The Balaban J connectivity index is 0.679. The number of nitrogens with zero attached hydrogens (tertiary/aromatic N) is 7. The third kappa shape index (κ3) is 9.41. The molecule has 0 radical (unpaired) electrons. The van der Waals surface area contributed by atoms with Crippen molar-refractivity contribution in [2.45, 2.75) is 77.0 Å². The number of benzene rings is 2. The van der Waals surface area contributed by atoms with Crippen molar-refractivity contribution < 1.29 is 33.4 Å². The lowest BCUT2D eigenvalue weighted by Gasteiger charge is -2.44. The van der Waals surface area contributed by atoms with E-state index in [2.05, 4.69) is 35.7 Å². The number of anilines is 4. The Morgan fingerprint density at radius 2 is 1.80 bits per heavy atom. The van der Waals surface area contributed by atoms with Crippen LogP contribution in [0.5, 0.6) is 5.75 Å². The minimum absolute atomic E-state index is 0.0786. The molecule has 5 aliphatic heterocycles. The molecule has 3 N–H and O–H groups in total. The lowest BCUT2D eigenvalue weighted by Crippen LogP contribution is -2.52. The van der Waals surface area contributed by atoms with Crippen molar-refractivity contribution in [1.82, 2.24) is 35.0 Å². The molecule has 0 aliphatic carbocycles. The van der Waals surface area contributed by atoms with Gasteiger partial charge >= 0.3 is 0 Å². The lowest BCUT2D eigenvalue weighted by atomic mass is 9.82. The van der Waals surface area contributed by atoms with E-state index in [9.17, 15) is 24.0 Å². The van der Waals surface area contributed by atoms with Crippen LogP contribution in [0.2, 0.25) is 5.02 Å². The SMILES string of the molecule is Cc1nc(Nc2ncc(C(=O)Nc3c(C)cccc3Cl)s2)cc(N2CCN(CCOCCC(=O)N3CCC4(CCc5cc6c(cc5O4)C(=O)N(C4CCC(=O)NC4=O)C6)CC3)CC2)n1. The van der Waals surface area contributed by atoms with Gasteiger partial charge in [-0.25, -0.2) is 15.0 Å². The molecule has 0 bridgehead atoms. The average Bonchev–Trinajstić information content (AvgIpc) is 3.87. The molecule has 1 atom stereocenters. The van der Waals surface area contributed by atoms with E-state index in [4.69, 9.17) is 26.1 Å². The van der Waals surface area contributed by atoms with Crippen LogP contribution >= 0.6 is 22.9 Å². The number of nitrogens with one attached hydrogen (secondary N) is 3. The van der Waals surface area contributed by atoms with Gasteiger partial charge in [0, 0.05) is 83.3 Å². The number of amides is 5. The highest BCUT2D eigenvalue weighted by Crippen LogP contribution is 2.42. The zero-order chi connectivity index (χ0) is 44.5. The molecule has 4 aromatic rings. The number of imide groups is 1. The molecule has 9 rings (SSSR count). The summed E-state index contributed by atoms with van der Waals surface area (Å²) in [7, 11) is 0. The number of carbonyl (C=O) groups excluding carboxylic acids is 5. The summed E-state index contributed by atoms with van der Waals surface area (Å²) >= 11 is 7.52. The summed E-state index contributed by atoms with van der Waals surface area (Å²) in [4.78, 5) is 85.9. The van der Waals surface area contributed by atoms with E-state index in [1.807, 2.05) is 49.1 Å². The molecule has 5 aliphatic rings. The van der Waals surface area contributed by atoms with Crippen LogP contribution in [0.15, 0.2) is 42.6 Å². The van der Waals surface area contributed by atoms with Gasteiger partial charge in [-0.1, -0.05) is 35.1 Å². The highest BCUT2D eigenvalue weighted by Gasteiger charge is 2.43. The molecule has 64 heavy (non-hydrogen) atoms. The number of hydrogen-bond donors (Lipinski definition) is 3. The van der Waals surface area contributed by atoms with E-state index in [-0.39, 0.29) is 35.7 Å². The maximum atomic E-state index is 13.4. The Morgan fingerprint density at radius 3 is 2.58 bits per heavy atom. The monoisotopic (exact) mass is 910 g/mol. The number of rotatable bonds is 12. The van der Waals surface area contributed by atoms with Crippen molar-refractivity contribution in [2.24, 2.45) is 0 Å². The first-order valence-corrected chi connectivity index (χ1v) is 23.1. The molecule has 3 fully saturated rings. The summed E-state index contributed by atoms with van der Waals surface area (Å²) in [6.07, 6.45) is 5.47. The smallest absolute Gasteiger partial charge is 0.267 e. The molecule has 19 heteroatoms. The normalized spacial score (nSPS) is 19.6. The molecule has 0 saturated carbocycles. The maximum absolute atomic E-state index is 13.4. The van der Waals surface area contributed by atoms with Gasteiger partial charge in [0.1, 0.15) is 39.7 Å². The highest BCUT2D eigenvalue weighted by atomic mass is 35.5. The first-order chi connectivity index (χ1) is 30.9. The predicted molar refractivity (Wildman–Crippen MR) is 240 cm³/mol. The summed E-state index contributed by atoms with van der Waals surface area (Å²) in [5.41, 5.74) is 3.55. The summed E-state index contributed by atoms with van der Waals surface area (Å²) in [6, 6.07) is 10.6. The minimum Gasteiger partial charge on any atom is -0.487 e. The van der Waals surface area contributed by atoms with Crippen LogP contribution in [-0.4, -0.2) is 130 Å². The van der Waals surface area contributed by atoms with Crippen LogP contribution in [0.1, 0.15) is 81.1 Å². The van der Waals surface area contributed by atoms with Crippen molar-refractivity contribution in [1.29, 1.82) is 0 Å². The summed E-state index contributed by atoms with van der Waals surface area (Å²) in [5, 5.41) is 9.50. The van der Waals surface area contributed by atoms with Crippen LogP contribution in [0, 0.1) is 13.8 Å². The Kier molecular flexibility index (Phi) is 12.5. The largest absolute Gasteiger partial charge is 0.487 e. The number of aromatic nitrogens is 3. The Hall–Kier alpha value is -5.69. The Bertz CT molecular complexity index is 2460. The number of thiazole rings is 1. The maximum Gasteiger partial charge on any atom is 0.267 e. The first kappa shape index (κ1) is 43.6. The molecule has 2 aromatic carbocycles. The average molecular weight is 911 g/mol. The number of hydrogen-bond acceptors (Lipinski definition) is 14. The molecular formula is C45H51ClN10O7S. The van der Waals surface area contributed by atoms with Gasteiger partial charge in [0.25, 0.3) is 11.8 Å². The number of aryl methyl sites for hydroxylation is 3. The predicted octanol–water partition coefficient (Wildman–Crippen LogP) is 4.88. The molecule has 7 heterocycles. The first-order valence-electron chi connectivity index (χ1n) is 21.9. The van der Waals surface area contributed by atoms with Crippen molar-refractivity contribution in [3.63, 3.8) is 0 Å². The molecule has 17 nitrogen and oxygen atoms in total. The fourth-order valence-electron chi connectivity index (χ4n) is 9.20. The van der Waals surface area contributed by atoms with Crippen LogP contribution in [0.25, 0.3) is 0 Å². The second-order valence-corrected chi connectivity index (χ2v) is 18.5. The number of halogens is 1. The van der Waals surface area contributed by atoms with E-state index in [0.29, 0.717) is 102 Å². The quantitative estimate of drug-likeness (QED) is 0.129. The number of para-hydroxylation sites is 1. The third-order valence-corrected chi connectivity index (χ3v) is 14.1. The van der Waals surface area contributed by atoms with Gasteiger partial charge in [-0.3, -0.25) is 34.2 Å². The molecule has 5 amide bonds. The fourth-order valence-corrected chi connectivity index (χ4v) is 10.2. The van der Waals surface area contributed by atoms with Crippen LogP contribution in [0.3, 0.4) is 0 Å². The second kappa shape index (κ2) is 18.4. The van der Waals surface area contributed by atoms with Crippen molar-refractivity contribution >= 4 is 74.9 Å². The van der Waals surface area contributed by atoms with Crippen molar-refractivity contribution in [3.05, 3.63) is 80.6 Å². The number of likely N-dealkylation sites (tertiary alicyclic amines) is 1. The van der Waals surface area contributed by atoms with E-state index >= 15 is 0 Å². The topological polar surface area (TPSA) is 192 Å². The molecule has 1 spiro atoms. The van der Waals surface area contributed by atoms with Gasteiger partial charge in [-0.05, 0) is 68.0 Å². The highest BCUT2D eigenvalue weighted by molar-refractivity contribution is 7.17. The van der Waals surface area contributed by atoms with Crippen LogP contribution in [0.4, 0.5) is 22.5 Å². The van der Waals surface area contributed by atoms with Gasteiger partial charge in [-0.2, -0.15) is 0 Å². The summed E-state index contributed by atoms with van der Waals surface area (Å²) < 4.78 is 12.6. The van der Waals surface area contributed by atoms with E-state index < -0.39 is 11.9 Å². The number of piperazine rings is 1. The van der Waals surface area contributed by atoms with Gasteiger partial charge in [0.2, 0.25) is 17.7 Å². The minimum atomic E-state index is -0.653. The molecule has 336 valence electrons. The van der Waals surface area contributed by atoms with Gasteiger partial charge in [-0.15, -0.1) is 0 Å². The number of ether oxygens (including phenoxy) is 2. The zero-order valence-corrected chi connectivity index (χ0v) is 37.5. The Labute approximate surface area is 379 Å². The van der Waals surface area contributed by atoms with Gasteiger partial charge in [0.05, 0.1) is 36.5 Å². The number of piperidine rings is 2. The van der Waals surface area contributed by atoms with E-state index in [0.717, 1.165) is 68.1 Å². The fraction of sp³-hybridized carbons (Fsp3) is 0.467. The van der Waals surface area contributed by atoms with E-state index in [1.165, 1.54) is 17.5 Å². The summed E-state index contributed by atoms with van der Waals surface area (Å²) in [6.45, 7) is 10.2. The Morgan fingerprint density at radius 1 is 0.984 bits per heavy atom.